The minimum atomic E-state index is -3.66. The molecule has 1 aromatic heterocycles. The third kappa shape index (κ3) is 5.27. The molecule has 1 amide bonds. The van der Waals surface area contributed by atoms with Crippen LogP contribution < -0.4 is 15.8 Å². The van der Waals surface area contributed by atoms with Crippen molar-refractivity contribution in [2.24, 2.45) is 5.73 Å². The second-order valence-electron chi connectivity index (χ2n) is 5.28. The molecule has 0 spiro atoms. The normalized spacial score (nSPS) is 11.5. The third-order valence-corrected chi connectivity index (χ3v) is 5.16. The average molecular weight is 387 g/mol. The van der Waals surface area contributed by atoms with Crippen molar-refractivity contribution in [2.45, 2.75) is 24.7 Å². The van der Waals surface area contributed by atoms with E-state index < -0.39 is 10.0 Å². The highest BCUT2D eigenvalue weighted by Crippen LogP contribution is 2.21. The zero-order valence-electron chi connectivity index (χ0n) is 13.6. The predicted molar refractivity (Wildman–Crippen MR) is 93.9 cm³/mol. The lowest BCUT2D eigenvalue weighted by atomic mass is 10.1. The number of benzene rings is 1. The highest BCUT2D eigenvalue weighted by atomic mass is 35.5. The number of hydrogen-bond donors (Lipinski definition) is 3. The van der Waals surface area contributed by atoms with E-state index in [1.54, 1.807) is 19.1 Å². The largest absolute Gasteiger partial charge is 0.344 e. The van der Waals surface area contributed by atoms with Crippen LogP contribution in [0, 0.1) is 6.92 Å². The first kappa shape index (κ1) is 19.4. The van der Waals surface area contributed by atoms with Gasteiger partial charge >= 0.3 is 0 Å². The van der Waals surface area contributed by atoms with Gasteiger partial charge in [-0.1, -0.05) is 11.2 Å². The second-order valence-corrected chi connectivity index (χ2v) is 7.39. The van der Waals surface area contributed by atoms with E-state index in [4.69, 9.17) is 21.9 Å². The molecule has 0 unspecified atom stereocenters. The molecule has 0 saturated heterocycles. The van der Waals surface area contributed by atoms with Crippen LogP contribution in [0.1, 0.15) is 17.7 Å². The Labute approximate surface area is 150 Å². The molecule has 136 valence electrons. The molecule has 0 aliphatic heterocycles. The number of nitrogens with zero attached hydrogens (tertiary/aromatic N) is 1. The number of halogens is 1. The van der Waals surface area contributed by atoms with Crippen molar-refractivity contribution < 1.29 is 17.7 Å². The lowest BCUT2D eigenvalue weighted by Crippen LogP contribution is -2.29. The molecular weight excluding hydrogens is 368 g/mol. The molecule has 0 aliphatic rings. The molecule has 1 heterocycles. The van der Waals surface area contributed by atoms with Crippen LogP contribution in [0.15, 0.2) is 33.7 Å². The zero-order chi connectivity index (χ0) is 18.4. The van der Waals surface area contributed by atoms with Crippen LogP contribution in [0.3, 0.4) is 0 Å². The van der Waals surface area contributed by atoms with Crippen LogP contribution in [0.2, 0.25) is 5.22 Å². The van der Waals surface area contributed by atoms with Gasteiger partial charge in [0.15, 0.2) is 0 Å². The van der Waals surface area contributed by atoms with Gasteiger partial charge in [-0.25, -0.2) is 13.1 Å². The SMILES string of the molecule is Cc1noc(Cl)c1CCC(=O)Nc1cccc(S(=O)(=O)NCCN)c1. The number of carbonyl (C=O) groups is 1. The molecule has 25 heavy (non-hydrogen) atoms. The molecule has 4 N–H and O–H groups in total. The number of rotatable bonds is 8. The summed E-state index contributed by atoms with van der Waals surface area (Å²) in [7, 11) is -3.66. The lowest BCUT2D eigenvalue weighted by Gasteiger charge is -2.09. The summed E-state index contributed by atoms with van der Waals surface area (Å²) in [6, 6.07) is 5.98. The minimum absolute atomic E-state index is 0.0525. The Morgan fingerprint density at radius 2 is 2.16 bits per heavy atom. The number of aromatic nitrogens is 1. The van der Waals surface area contributed by atoms with Gasteiger partial charge < -0.3 is 15.6 Å². The summed E-state index contributed by atoms with van der Waals surface area (Å²) in [6.07, 6.45) is 0.528. The predicted octanol–water partition coefficient (Wildman–Crippen LogP) is 1.44. The van der Waals surface area contributed by atoms with Crippen molar-refractivity contribution in [3.8, 4) is 0 Å². The topological polar surface area (TPSA) is 127 Å². The first-order valence-electron chi connectivity index (χ1n) is 7.54. The van der Waals surface area contributed by atoms with E-state index >= 15 is 0 Å². The van der Waals surface area contributed by atoms with E-state index in [-0.39, 0.29) is 35.5 Å². The van der Waals surface area contributed by atoms with Crippen molar-refractivity contribution in [1.29, 1.82) is 0 Å². The van der Waals surface area contributed by atoms with Gasteiger partial charge in [0.2, 0.25) is 21.1 Å². The maximum absolute atomic E-state index is 12.1. The molecule has 0 bridgehead atoms. The summed E-state index contributed by atoms with van der Waals surface area (Å²) in [5, 5.41) is 6.55. The summed E-state index contributed by atoms with van der Waals surface area (Å²) >= 11 is 5.86. The molecular formula is C15H19ClN4O4S. The molecule has 0 fully saturated rings. The molecule has 8 nitrogen and oxygen atoms in total. The summed E-state index contributed by atoms with van der Waals surface area (Å²) in [5.74, 6) is -0.277. The Hall–Kier alpha value is -1.94. The monoisotopic (exact) mass is 386 g/mol. The van der Waals surface area contributed by atoms with Crippen LogP contribution in [0.4, 0.5) is 5.69 Å². The number of nitrogens with one attached hydrogen (secondary N) is 2. The van der Waals surface area contributed by atoms with Crippen LogP contribution in [-0.4, -0.2) is 32.6 Å². The van der Waals surface area contributed by atoms with E-state index in [1.165, 1.54) is 12.1 Å². The van der Waals surface area contributed by atoms with E-state index in [1.807, 2.05) is 0 Å². The fraction of sp³-hybridized carbons (Fsp3) is 0.333. The molecule has 0 saturated carbocycles. The number of sulfonamides is 1. The molecule has 2 rings (SSSR count). The van der Waals surface area contributed by atoms with E-state index in [9.17, 15) is 13.2 Å². The average Bonchev–Trinajstić information content (AvgIpc) is 2.89. The van der Waals surface area contributed by atoms with Crippen molar-refractivity contribution in [3.05, 3.63) is 40.7 Å². The Bertz CT molecular complexity index is 831. The number of nitrogens with two attached hydrogens (primary N) is 1. The van der Waals surface area contributed by atoms with Crippen LogP contribution in [0.5, 0.6) is 0 Å². The van der Waals surface area contributed by atoms with E-state index in [0.717, 1.165) is 0 Å². The van der Waals surface area contributed by atoms with Crippen molar-refractivity contribution in [1.82, 2.24) is 9.88 Å². The number of anilines is 1. The van der Waals surface area contributed by atoms with Gasteiger partial charge in [-0.3, -0.25) is 4.79 Å². The smallest absolute Gasteiger partial charge is 0.240 e. The summed E-state index contributed by atoms with van der Waals surface area (Å²) in [6.45, 7) is 2.07. The third-order valence-electron chi connectivity index (χ3n) is 3.40. The zero-order valence-corrected chi connectivity index (χ0v) is 15.2. The molecule has 0 atom stereocenters. The fourth-order valence-electron chi connectivity index (χ4n) is 2.12. The van der Waals surface area contributed by atoms with Gasteiger partial charge in [-0.2, -0.15) is 0 Å². The van der Waals surface area contributed by atoms with Gasteiger partial charge in [-0.05, 0) is 43.1 Å². The second kappa shape index (κ2) is 8.43. The van der Waals surface area contributed by atoms with Crippen molar-refractivity contribution in [3.63, 3.8) is 0 Å². The first-order chi connectivity index (χ1) is 11.8. The van der Waals surface area contributed by atoms with E-state index in [0.29, 0.717) is 23.4 Å². The van der Waals surface area contributed by atoms with Gasteiger partial charge in [0.05, 0.1) is 10.6 Å². The van der Waals surface area contributed by atoms with Crippen LogP contribution in [0.25, 0.3) is 0 Å². The molecule has 1 aromatic carbocycles. The molecule has 10 heteroatoms. The van der Waals surface area contributed by atoms with Crippen molar-refractivity contribution >= 4 is 33.2 Å². The lowest BCUT2D eigenvalue weighted by molar-refractivity contribution is -0.116. The Morgan fingerprint density at radius 1 is 1.40 bits per heavy atom. The number of aryl methyl sites for hydroxylation is 1. The number of amides is 1. The maximum atomic E-state index is 12.1. The summed E-state index contributed by atoms with van der Waals surface area (Å²) < 4.78 is 31.3. The van der Waals surface area contributed by atoms with Gasteiger partial charge in [0.25, 0.3) is 0 Å². The van der Waals surface area contributed by atoms with Gasteiger partial charge in [0, 0.05) is 30.8 Å². The first-order valence-corrected chi connectivity index (χ1v) is 9.40. The Kier molecular flexibility index (Phi) is 6.54. The Balaban J connectivity index is 2.00. The summed E-state index contributed by atoms with van der Waals surface area (Å²) in [4.78, 5) is 12.1. The molecule has 0 radical (unpaired) electrons. The van der Waals surface area contributed by atoms with Crippen LogP contribution in [-0.2, 0) is 21.2 Å². The standard InChI is InChI=1S/C15H19ClN4O4S/c1-10-13(15(16)24-20-10)5-6-14(21)19-11-3-2-4-12(9-11)25(22,23)18-8-7-17/h2-4,9,18H,5-8,17H2,1H3,(H,19,21). The quantitative estimate of drug-likeness (QED) is 0.630. The highest BCUT2D eigenvalue weighted by molar-refractivity contribution is 7.89. The van der Waals surface area contributed by atoms with Gasteiger partial charge in [0.1, 0.15) is 0 Å². The summed E-state index contributed by atoms with van der Waals surface area (Å²) in [5.41, 5.74) is 7.00. The highest BCUT2D eigenvalue weighted by Gasteiger charge is 2.15. The number of carbonyl (C=O) groups excluding carboxylic acids is 1. The molecule has 0 aliphatic carbocycles. The van der Waals surface area contributed by atoms with Gasteiger partial charge in [-0.15, -0.1) is 0 Å². The molecule has 2 aromatic rings. The van der Waals surface area contributed by atoms with E-state index in [2.05, 4.69) is 15.2 Å². The van der Waals surface area contributed by atoms with Crippen molar-refractivity contribution in [2.75, 3.05) is 18.4 Å². The number of hydrogen-bond acceptors (Lipinski definition) is 6. The fourth-order valence-corrected chi connectivity index (χ4v) is 3.48. The van der Waals surface area contributed by atoms with Crippen LogP contribution >= 0.6 is 11.6 Å². The Morgan fingerprint density at radius 3 is 2.80 bits per heavy atom. The maximum Gasteiger partial charge on any atom is 0.240 e. The minimum Gasteiger partial charge on any atom is -0.344 e.